The number of benzene rings is 1. The van der Waals surface area contributed by atoms with Crippen LogP contribution in [0.25, 0.3) is 0 Å². The van der Waals surface area contributed by atoms with Crippen molar-refractivity contribution in [1.82, 2.24) is 9.97 Å². The number of amides is 1. The van der Waals surface area contributed by atoms with Gasteiger partial charge in [0.05, 0.1) is 18.4 Å². The van der Waals surface area contributed by atoms with Crippen LogP contribution in [0.15, 0.2) is 30.9 Å². The molecular weight excluding hydrogens is 266 g/mol. The number of aromatic nitrogens is 2. The number of rotatable bonds is 3. The molecule has 1 aromatic heterocycles. The molecule has 98 valence electrons. The highest BCUT2D eigenvalue weighted by atomic mass is 35.5. The molecular formula is C13H12ClN3O2. The van der Waals surface area contributed by atoms with Crippen molar-refractivity contribution >= 4 is 23.2 Å². The van der Waals surface area contributed by atoms with Gasteiger partial charge in [-0.1, -0.05) is 11.6 Å². The van der Waals surface area contributed by atoms with Gasteiger partial charge in [0.15, 0.2) is 0 Å². The molecule has 0 radical (unpaired) electrons. The molecule has 0 aliphatic heterocycles. The minimum atomic E-state index is -0.305. The van der Waals surface area contributed by atoms with E-state index < -0.39 is 0 Å². The number of nitrogens with one attached hydrogen (secondary N) is 1. The van der Waals surface area contributed by atoms with Crippen molar-refractivity contribution in [3.63, 3.8) is 0 Å². The number of hydrogen-bond acceptors (Lipinski definition) is 4. The van der Waals surface area contributed by atoms with Gasteiger partial charge in [-0.05, 0) is 18.6 Å². The summed E-state index contributed by atoms with van der Waals surface area (Å²) >= 11 is 6.01. The number of halogens is 1. The maximum atomic E-state index is 12.0. The molecule has 0 unspecified atom stereocenters. The number of hydrogen-bond donors (Lipinski definition) is 1. The number of anilines is 1. The van der Waals surface area contributed by atoms with E-state index >= 15 is 0 Å². The van der Waals surface area contributed by atoms with Gasteiger partial charge in [0.25, 0.3) is 5.91 Å². The minimum absolute atomic E-state index is 0.305. The van der Waals surface area contributed by atoms with Gasteiger partial charge in [0.2, 0.25) is 0 Å². The Bertz CT molecular complexity index is 602. The third-order valence-electron chi connectivity index (χ3n) is 2.55. The Balaban J connectivity index is 2.28. The first-order valence-corrected chi connectivity index (χ1v) is 5.90. The highest BCUT2D eigenvalue weighted by Gasteiger charge is 2.12. The number of aryl methyl sites for hydroxylation is 1. The SMILES string of the molecule is COc1cc(Cl)c(C)cc1NC(=O)c1cncnc1. The van der Waals surface area contributed by atoms with Crippen LogP contribution in [0, 0.1) is 6.92 Å². The fraction of sp³-hybridized carbons (Fsp3) is 0.154. The Labute approximate surface area is 115 Å². The Morgan fingerprint density at radius 2 is 2.00 bits per heavy atom. The molecule has 1 heterocycles. The van der Waals surface area contributed by atoms with Crippen molar-refractivity contribution in [3.8, 4) is 5.75 Å². The van der Waals surface area contributed by atoms with Crippen LogP contribution in [0.5, 0.6) is 5.75 Å². The van der Waals surface area contributed by atoms with Gasteiger partial charge in [-0.15, -0.1) is 0 Å². The van der Waals surface area contributed by atoms with Crippen molar-refractivity contribution in [1.29, 1.82) is 0 Å². The first-order chi connectivity index (χ1) is 9.11. The van der Waals surface area contributed by atoms with Crippen LogP contribution < -0.4 is 10.1 Å². The van der Waals surface area contributed by atoms with Gasteiger partial charge < -0.3 is 10.1 Å². The fourth-order valence-corrected chi connectivity index (χ4v) is 1.69. The highest BCUT2D eigenvalue weighted by Crippen LogP contribution is 2.31. The topological polar surface area (TPSA) is 64.1 Å². The first kappa shape index (κ1) is 13.3. The molecule has 0 fully saturated rings. The van der Waals surface area contributed by atoms with E-state index in [1.54, 1.807) is 12.1 Å². The number of nitrogens with zero attached hydrogens (tertiary/aromatic N) is 2. The van der Waals surface area contributed by atoms with E-state index in [1.807, 2.05) is 6.92 Å². The van der Waals surface area contributed by atoms with E-state index in [0.717, 1.165) is 5.56 Å². The van der Waals surface area contributed by atoms with Crippen LogP contribution in [0.1, 0.15) is 15.9 Å². The summed E-state index contributed by atoms with van der Waals surface area (Å²) in [5.41, 5.74) is 1.78. The summed E-state index contributed by atoms with van der Waals surface area (Å²) in [5.74, 6) is 0.196. The van der Waals surface area contributed by atoms with E-state index in [-0.39, 0.29) is 5.91 Å². The second-order valence-corrected chi connectivity index (χ2v) is 4.29. The van der Waals surface area contributed by atoms with Gasteiger partial charge in [0, 0.05) is 23.5 Å². The van der Waals surface area contributed by atoms with Crippen molar-refractivity contribution < 1.29 is 9.53 Å². The number of carbonyl (C=O) groups is 1. The molecule has 0 saturated carbocycles. The molecule has 0 aliphatic rings. The average Bonchev–Trinajstić information content (AvgIpc) is 2.43. The maximum Gasteiger partial charge on any atom is 0.258 e. The van der Waals surface area contributed by atoms with E-state index in [0.29, 0.717) is 22.0 Å². The van der Waals surface area contributed by atoms with Gasteiger partial charge in [-0.25, -0.2) is 9.97 Å². The molecule has 1 aromatic carbocycles. The van der Waals surface area contributed by atoms with Crippen LogP contribution >= 0.6 is 11.6 Å². The number of ether oxygens (including phenoxy) is 1. The van der Waals surface area contributed by atoms with Gasteiger partial charge in [-0.2, -0.15) is 0 Å². The Morgan fingerprint density at radius 3 is 2.63 bits per heavy atom. The Hall–Kier alpha value is -2.14. The van der Waals surface area contributed by atoms with Crippen molar-refractivity contribution in [3.05, 3.63) is 47.0 Å². The van der Waals surface area contributed by atoms with Gasteiger partial charge >= 0.3 is 0 Å². The predicted octanol–water partition coefficient (Wildman–Crippen LogP) is 2.70. The summed E-state index contributed by atoms with van der Waals surface area (Å²) in [7, 11) is 1.52. The summed E-state index contributed by atoms with van der Waals surface area (Å²) in [5, 5.41) is 3.32. The largest absolute Gasteiger partial charge is 0.495 e. The van der Waals surface area contributed by atoms with Crippen LogP contribution in [0.4, 0.5) is 5.69 Å². The Morgan fingerprint density at radius 1 is 1.32 bits per heavy atom. The quantitative estimate of drug-likeness (QED) is 0.937. The minimum Gasteiger partial charge on any atom is -0.495 e. The van der Waals surface area contributed by atoms with E-state index in [2.05, 4.69) is 15.3 Å². The molecule has 2 aromatic rings. The number of carbonyl (C=O) groups excluding carboxylic acids is 1. The molecule has 1 N–H and O–H groups in total. The molecule has 5 nitrogen and oxygen atoms in total. The molecule has 0 spiro atoms. The number of methoxy groups -OCH3 is 1. The summed E-state index contributed by atoms with van der Waals surface area (Å²) < 4.78 is 5.19. The standard InChI is InChI=1S/C13H12ClN3O2/c1-8-3-11(12(19-2)4-10(8)14)17-13(18)9-5-15-7-16-6-9/h3-7H,1-2H3,(H,17,18). The maximum absolute atomic E-state index is 12.0. The highest BCUT2D eigenvalue weighted by molar-refractivity contribution is 6.31. The predicted molar refractivity (Wildman–Crippen MR) is 72.7 cm³/mol. The van der Waals surface area contributed by atoms with Crippen LogP contribution in [0.3, 0.4) is 0 Å². The summed E-state index contributed by atoms with van der Waals surface area (Å²) in [6.45, 7) is 1.85. The molecule has 0 aliphatic carbocycles. The first-order valence-electron chi connectivity index (χ1n) is 5.52. The third-order valence-corrected chi connectivity index (χ3v) is 2.96. The molecule has 6 heteroatoms. The summed E-state index contributed by atoms with van der Waals surface area (Å²) in [6.07, 6.45) is 4.25. The second kappa shape index (κ2) is 5.67. The fourth-order valence-electron chi connectivity index (χ4n) is 1.54. The summed E-state index contributed by atoms with van der Waals surface area (Å²) in [6, 6.07) is 3.41. The van der Waals surface area contributed by atoms with Crippen LogP contribution in [0.2, 0.25) is 5.02 Å². The molecule has 2 rings (SSSR count). The molecule has 0 atom stereocenters. The van der Waals surface area contributed by atoms with E-state index in [9.17, 15) is 4.79 Å². The third kappa shape index (κ3) is 3.00. The van der Waals surface area contributed by atoms with Crippen molar-refractivity contribution in [2.24, 2.45) is 0 Å². The lowest BCUT2D eigenvalue weighted by atomic mass is 10.2. The normalized spacial score (nSPS) is 10.1. The second-order valence-electron chi connectivity index (χ2n) is 3.88. The molecule has 19 heavy (non-hydrogen) atoms. The van der Waals surface area contributed by atoms with Crippen molar-refractivity contribution in [2.75, 3.05) is 12.4 Å². The van der Waals surface area contributed by atoms with Crippen molar-refractivity contribution in [2.45, 2.75) is 6.92 Å². The van der Waals surface area contributed by atoms with E-state index in [1.165, 1.54) is 25.8 Å². The molecule has 1 amide bonds. The van der Waals surface area contributed by atoms with Crippen LogP contribution in [-0.2, 0) is 0 Å². The lowest BCUT2D eigenvalue weighted by Crippen LogP contribution is -2.13. The molecule has 0 bridgehead atoms. The zero-order chi connectivity index (χ0) is 13.8. The van der Waals surface area contributed by atoms with Crippen LogP contribution in [-0.4, -0.2) is 23.0 Å². The lowest BCUT2D eigenvalue weighted by Gasteiger charge is -2.12. The summed E-state index contributed by atoms with van der Waals surface area (Å²) in [4.78, 5) is 19.6. The average molecular weight is 278 g/mol. The van der Waals surface area contributed by atoms with Gasteiger partial charge in [-0.3, -0.25) is 4.79 Å². The zero-order valence-corrected chi connectivity index (χ0v) is 11.2. The van der Waals surface area contributed by atoms with Gasteiger partial charge in [0.1, 0.15) is 12.1 Å². The Kier molecular flexibility index (Phi) is 3.97. The zero-order valence-electron chi connectivity index (χ0n) is 10.5. The van der Waals surface area contributed by atoms with E-state index in [4.69, 9.17) is 16.3 Å². The monoisotopic (exact) mass is 277 g/mol. The molecule has 0 saturated heterocycles. The smallest absolute Gasteiger partial charge is 0.258 e. The lowest BCUT2D eigenvalue weighted by molar-refractivity contribution is 0.102.